The van der Waals surface area contributed by atoms with Gasteiger partial charge in [-0.25, -0.2) is 9.78 Å². The average molecular weight is 330 g/mol. The van der Waals surface area contributed by atoms with Crippen molar-refractivity contribution in [2.75, 3.05) is 18.5 Å². The lowest BCUT2D eigenvalue weighted by Crippen LogP contribution is -2.16. The molecule has 0 atom stereocenters. The Morgan fingerprint density at radius 3 is 2.55 bits per heavy atom. The van der Waals surface area contributed by atoms with Crippen molar-refractivity contribution in [3.63, 3.8) is 0 Å². The van der Waals surface area contributed by atoms with E-state index in [0.29, 0.717) is 19.0 Å². The van der Waals surface area contributed by atoms with Crippen molar-refractivity contribution in [3.05, 3.63) is 17.0 Å². The molecule has 0 spiro atoms. The summed E-state index contributed by atoms with van der Waals surface area (Å²) in [5.41, 5.74) is 10.3. The Morgan fingerprint density at radius 2 is 1.86 bits per heavy atom. The van der Waals surface area contributed by atoms with E-state index in [1.165, 1.54) is 6.20 Å². The lowest BCUT2D eigenvalue weighted by molar-refractivity contribution is 0.100. The molecule has 0 aromatic carbocycles. The number of nitrogens with two attached hydrogens (primary N) is 2. The summed E-state index contributed by atoms with van der Waals surface area (Å²) in [4.78, 5) is 29.3. The Morgan fingerprint density at radius 1 is 1.18 bits per heavy atom. The van der Waals surface area contributed by atoms with E-state index < -0.39 is 12.0 Å². The molecule has 9 heteroatoms. The normalized spacial score (nSPS) is 10.2. The summed E-state index contributed by atoms with van der Waals surface area (Å²) in [6.07, 6.45) is 5.22. The first-order chi connectivity index (χ1) is 10.5. The van der Waals surface area contributed by atoms with E-state index in [9.17, 15) is 9.59 Å². The summed E-state index contributed by atoms with van der Waals surface area (Å²) in [6, 6.07) is 0. The number of carbonyl (C=O) groups is 2. The molecule has 1 heterocycles. The fourth-order valence-corrected chi connectivity index (χ4v) is 1.95. The van der Waals surface area contributed by atoms with Gasteiger partial charge in [0.2, 0.25) is 5.28 Å². The molecule has 1 aromatic rings. The number of carbonyl (C=O) groups excluding carboxylic acids is 2. The molecule has 5 N–H and O–H groups in total. The molecule has 0 aliphatic rings. The maximum atomic E-state index is 11.2. The maximum absolute atomic E-state index is 11.2. The van der Waals surface area contributed by atoms with Crippen molar-refractivity contribution in [1.82, 2.24) is 9.97 Å². The molecule has 0 fully saturated rings. The van der Waals surface area contributed by atoms with E-state index >= 15 is 0 Å². The van der Waals surface area contributed by atoms with Gasteiger partial charge >= 0.3 is 6.09 Å². The summed E-state index contributed by atoms with van der Waals surface area (Å²) in [7, 11) is 0. The third kappa shape index (κ3) is 7.07. The van der Waals surface area contributed by atoms with Gasteiger partial charge in [-0.1, -0.05) is 19.3 Å². The molecule has 0 saturated carbocycles. The number of halogens is 1. The van der Waals surface area contributed by atoms with Crippen LogP contribution in [-0.4, -0.2) is 35.1 Å². The summed E-state index contributed by atoms with van der Waals surface area (Å²) >= 11 is 5.70. The number of amides is 2. The van der Waals surface area contributed by atoms with Crippen LogP contribution in [0.25, 0.3) is 0 Å². The summed E-state index contributed by atoms with van der Waals surface area (Å²) in [5.74, 6) is -0.254. The van der Waals surface area contributed by atoms with E-state index in [4.69, 9.17) is 23.1 Å². The van der Waals surface area contributed by atoms with Crippen molar-refractivity contribution in [1.29, 1.82) is 0 Å². The molecule has 2 amide bonds. The molecule has 0 aliphatic carbocycles. The van der Waals surface area contributed by atoms with Gasteiger partial charge in [-0.05, 0) is 24.4 Å². The number of ether oxygens (including phenoxy) is 1. The second kappa shape index (κ2) is 9.78. The predicted octanol–water partition coefficient (Wildman–Crippen LogP) is 1.69. The minimum Gasteiger partial charge on any atom is -0.450 e. The minimum absolute atomic E-state index is 0.0574. The van der Waals surface area contributed by atoms with Crippen LogP contribution in [0.3, 0.4) is 0 Å². The van der Waals surface area contributed by atoms with Crippen molar-refractivity contribution in [2.45, 2.75) is 32.1 Å². The van der Waals surface area contributed by atoms with Crippen LogP contribution < -0.4 is 16.8 Å². The Kier molecular flexibility index (Phi) is 7.98. The fraction of sp³-hybridized carbons (Fsp3) is 0.538. The van der Waals surface area contributed by atoms with E-state index in [2.05, 4.69) is 20.0 Å². The second-order valence-electron chi connectivity index (χ2n) is 4.63. The average Bonchev–Trinajstić information content (AvgIpc) is 2.45. The summed E-state index contributed by atoms with van der Waals surface area (Å²) < 4.78 is 4.63. The highest BCUT2D eigenvalue weighted by atomic mass is 35.5. The third-order valence-electron chi connectivity index (χ3n) is 2.88. The van der Waals surface area contributed by atoms with Crippen LogP contribution in [0.15, 0.2) is 6.20 Å². The van der Waals surface area contributed by atoms with Crippen LogP contribution in [0.4, 0.5) is 10.6 Å². The molecule has 0 radical (unpaired) electrons. The molecule has 22 heavy (non-hydrogen) atoms. The Balaban J connectivity index is 2.18. The number of hydrogen-bond donors (Lipinski definition) is 3. The number of aromatic nitrogens is 2. The van der Waals surface area contributed by atoms with Crippen LogP contribution in [-0.2, 0) is 4.74 Å². The molecular weight excluding hydrogens is 310 g/mol. The van der Waals surface area contributed by atoms with Crippen molar-refractivity contribution in [3.8, 4) is 0 Å². The quantitative estimate of drug-likeness (QED) is 0.442. The highest BCUT2D eigenvalue weighted by molar-refractivity contribution is 6.28. The number of unbranched alkanes of at least 4 members (excludes halogenated alkanes) is 4. The molecule has 0 unspecified atom stereocenters. The molecule has 1 rings (SSSR count). The lowest BCUT2D eigenvalue weighted by atomic mass is 10.1. The first kappa shape index (κ1) is 18.0. The summed E-state index contributed by atoms with van der Waals surface area (Å²) in [6.45, 7) is 1.00. The number of primary amides is 2. The number of nitrogens with zero attached hydrogens (tertiary/aromatic N) is 2. The minimum atomic E-state index is -0.738. The highest BCUT2D eigenvalue weighted by Crippen LogP contribution is 2.14. The molecule has 0 aliphatic heterocycles. The van der Waals surface area contributed by atoms with E-state index in [1.54, 1.807) is 0 Å². The highest BCUT2D eigenvalue weighted by Gasteiger charge is 2.10. The molecule has 122 valence electrons. The van der Waals surface area contributed by atoms with Gasteiger partial charge < -0.3 is 21.5 Å². The third-order valence-corrected chi connectivity index (χ3v) is 3.06. The monoisotopic (exact) mass is 329 g/mol. The van der Waals surface area contributed by atoms with Gasteiger partial charge in [0.25, 0.3) is 5.91 Å². The Bertz CT molecular complexity index is 512. The first-order valence-corrected chi connectivity index (χ1v) is 7.37. The molecule has 1 aromatic heterocycles. The van der Waals surface area contributed by atoms with E-state index in [0.717, 1.165) is 32.1 Å². The van der Waals surface area contributed by atoms with Crippen LogP contribution in [0, 0.1) is 0 Å². The van der Waals surface area contributed by atoms with Gasteiger partial charge in [0.1, 0.15) is 5.82 Å². The molecule has 0 saturated heterocycles. The largest absolute Gasteiger partial charge is 0.450 e. The smallest absolute Gasteiger partial charge is 0.404 e. The van der Waals surface area contributed by atoms with Crippen LogP contribution in [0.2, 0.25) is 5.28 Å². The number of rotatable bonds is 10. The van der Waals surface area contributed by atoms with Crippen molar-refractivity contribution in [2.24, 2.45) is 11.5 Å². The zero-order chi connectivity index (χ0) is 16.4. The van der Waals surface area contributed by atoms with Crippen molar-refractivity contribution < 1.29 is 14.3 Å². The molecule has 0 bridgehead atoms. The second-order valence-corrected chi connectivity index (χ2v) is 4.97. The van der Waals surface area contributed by atoms with Gasteiger partial charge in [-0.15, -0.1) is 0 Å². The van der Waals surface area contributed by atoms with Crippen LogP contribution in [0.1, 0.15) is 42.5 Å². The predicted molar refractivity (Wildman–Crippen MR) is 82.7 cm³/mol. The zero-order valence-corrected chi connectivity index (χ0v) is 12.9. The van der Waals surface area contributed by atoms with Gasteiger partial charge in [0.05, 0.1) is 12.2 Å². The topological polar surface area (TPSA) is 133 Å². The fourth-order valence-electron chi connectivity index (χ4n) is 1.81. The van der Waals surface area contributed by atoms with Gasteiger partial charge in [0.15, 0.2) is 0 Å². The van der Waals surface area contributed by atoms with Crippen LogP contribution >= 0.6 is 11.6 Å². The van der Waals surface area contributed by atoms with Crippen LogP contribution in [0.5, 0.6) is 0 Å². The van der Waals surface area contributed by atoms with Gasteiger partial charge in [-0.3, -0.25) is 4.79 Å². The Hall–Kier alpha value is -2.09. The first-order valence-electron chi connectivity index (χ1n) is 6.99. The lowest BCUT2D eigenvalue weighted by Gasteiger charge is -2.08. The number of hydrogen-bond acceptors (Lipinski definition) is 6. The van der Waals surface area contributed by atoms with Crippen molar-refractivity contribution >= 4 is 29.4 Å². The number of nitrogens with one attached hydrogen (secondary N) is 1. The zero-order valence-electron chi connectivity index (χ0n) is 12.2. The van der Waals surface area contributed by atoms with E-state index in [-0.39, 0.29) is 10.8 Å². The van der Waals surface area contributed by atoms with E-state index in [1.807, 2.05) is 0 Å². The SMILES string of the molecule is NC(=O)OCCCCCCCNc1nc(Cl)ncc1C(N)=O. The van der Waals surface area contributed by atoms with Gasteiger partial charge in [-0.2, -0.15) is 4.98 Å². The summed E-state index contributed by atoms with van der Waals surface area (Å²) in [5, 5.41) is 3.09. The number of anilines is 1. The van der Waals surface area contributed by atoms with Gasteiger partial charge in [0, 0.05) is 12.7 Å². The maximum Gasteiger partial charge on any atom is 0.404 e. The Labute approximate surface area is 133 Å². The molecular formula is C13H20ClN5O3. The standard InChI is InChI=1S/C13H20ClN5O3/c14-12-18-8-9(10(15)20)11(19-12)17-6-4-2-1-3-5-7-22-13(16)21/h8H,1-7H2,(H2,15,20)(H2,16,21)(H,17,18,19). The molecule has 8 nitrogen and oxygen atoms in total.